The van der Waals surface area contributed by atoms with Crippen LogP contribution in [0.25, 0.3) is 0 Å². The molecule has 0 fully saturated rings. The van der Waals surface area contributed by atoms with Crippen molar-refractivity contribution in [2.24, 2.45) is 0 Å². The van der Waals surface area contributed by atoms with Crippen LogP contribution >= 0.6 is 11.6 Å². The highest BCUT2D eigenvalue weighted by Gasteiger charge is 2.30. The molecule has 1 N–H and O–H groups in total. The highest BCUT2D eigenvalue weighted by molar-refractivity contribution is 6.31. The Labute approximate surface area is 200 Å². The molecule has 0 aliphatic heterocycles. The Balaban J connectivity index is 1.90. The van der Waals surface area contributed by atoms with Gasteiger partial charge in [-0.15, -0.1) is 0 Å². The van der Waals surface area contributed by atoms with Crippen molar-refractivity contribution in [3.05, 3.63) is 100 Å². The number of halogens is 1. The van der Waals surface area contributed by atoms with E-state index in [1.165, 1.54) is 0 Å². The maximum Gasteiger partial charge on any atom is 0.261 e. The van der Waals surface area contributed by atoms with Crippen LogP contribution in [0, 0.1) is 13.8 Å². The molecular formula is C27H29ClN2O3. The molecule has 6 heteroatoms. The van der Waals surface area contributed by atoms with Crippen molar-refractivity contribution in [3.8, 4) is 5.75 Å². The first kappa shape index (κ1) is 24.3. The molecule has 3 rings (SSSR count). The van der Waals surface area contributed by atoms with Gasteiger partial charge in [0.15, 0.2) is 6.61 Å². The molecule has 0 aliphatic carbocycles. The minimum Gasteiger partial charge on any atom is -0.483 e. The lowest BCUT2D eigenvalue weighted by Gasteiger charge is -2.31. The van der Waals surface area contributed by atoms with Crippen LogP contribution in [-0.4, -0.2) is 36.4 Å². The molecule has 3 aromatic rings. The molecule has 5 nitrogen and oxygen atoms in total. The molecule has 0 bridgehead atoms. The predicted octanol–water partition coefficient (Wildman–Crippen LogP) is 4.72. The number of aryl methyl sites for hydroxylation is 1. The van der Waals surface area contributed by atoms with Gasteiger partial charge in [0.1, 0.15) is 11.8 Å². The number of ether oxygens (including phenoxy) is 1. The average molecular weight is 465 g/mol. The zero-order chi connectivity index (χ0) is 23.8. The van der Waals surface area contributed by atoms with E-state index in [9.17, 15) is 9.59 Å². The fourth-order valence-corrected chi connectivity index (χ4v) is 3.83. The standard InChI is InChI=1S/C27H29ClN2O3/c1-19-10-9-15-25(20(19)2)33-18-26(31)30(17-22-13-7-8-14-23(22)28)24(27(32)29-3)16-21-11-5-4-6-12-21/h4-15,24H,16-18H2,1-3H3,(H,29,32)/t24-/m0/s1. The molecule has 172 valence electrons. The first-order valence-corrected chi connectivity index (χ1v) is 11.3. The number of hydrogen-bond donors (Lipinski definition) is 1. The number of hydrogen-bond acceptors (Lipinski definition) is 3. The number of rotatable bonds is 9. The summed E-state index contributed by atoms with van der Waals surface area (Å²) >= 11 is 6.39. The van der Waals surface area contributed by atoms with Crippen LogP contribution in [0.15, 0.2) is 72.8 Å². The van der Waals surface area contributed by atoms with Crippen LogP contribution in [0.4, 0.5) is 0 Å². The molecule has 0 aliphatic rings. The largest absolute Gasteiger partial charge is 0.483 e. The lowest BCUT2D eigenvalue weighted by atomic mass is 10.0. The number of benzene rings is 3. The Bertz CT molecular complexity index is 1100. The molecule has 0 aromatic heterocycles. The van der Waals surface area contributed by atoms with Crippen LogP contribution in [0.2, 0.25) is 5.02 Å². The molecule has 0 spiro atoms. The quantitative estimate of drug-likeness (QED) is 0.498. The highest BCUT2D eigenvalue weighted by Crippen LogP contribution is 2.23. The van der Waals surface area contributed by atoms with E-state index < -0.39 is 6.04 Å². The zero-order valence-electron chi connectivity index (χ0n) is 19.2. The summed E-state index contributed by atoms with van der Waals surface area (Å²) in [5.74, 6) is 0.118. The van der Waals surface area contributed by atoms with Gasteiger partial charge in [-0.2, -0.15) is 0 Å². The number of carbonyl (C=O) groups is 2. The maximum atomic E-state index is 13.5. The lowest BCUT2D eigenvalue weighted by molar-refractivity contribution is -0.142. The van der Waals surface area contributed by atoms with E-state index in [-0.39, 0.29) is 25.0 Å². The second-order valence-electron chi connectivity index (χ2n) is 7.92. The number of nitrogens with zero attached hydrogens (tertiary/aromatic N) is 1. The summed E-state index contributed by atoms with van der Waals surface area (Å²) in [5.41, 5.74) is 3.79. The Kier molecular flexibility index (Phi) is 8.50. The Morgan fingerprint density at radius 2 is 1.67 bits per heavy atom. The van der Waals surface area contributed by atoms with Crippen molar-refractivity contribution in [3.63, 3.8) is 0 Å². The van der Waals surface area contributed by atoms with E-state index in [0.29, 0.717) is 17.2 Å². The molecule has 0 heterocycles. The maximum absolute atomic E-state index is 13.5. The summed E-state index contributed by atoms with van der Waals surface area (Å²) in [7, 11) is 1.57. The van der Waals surface area contributed by atoms with Crippen molar-refractivity contribution in [2.45, 2.75) is 32.9 Å². The Hall–Kier alpha value is -3.31. The number of likely N-dealkylation sites (N-methyl/N-ethyl adjacent to an activating group) is 1. The Morgan fingerprint density at radius 3 is 2.36 bits per heavy atom. The summed E-state index contributed by atoms with van der Waals surface area (Å²) in [6, 6.07) is 22.0. The van der Waals surface area contributed by atoms with Gasteiger partial charge >= 0.3 is 0 Å². The topological polar surface area (TPSA) is 58.6 Å². The molecule has 3 aromatic carbocycles. The zero-order valence-corrected chi connectivity index (χ0v) is 19.9. The van der Waals surface area contributed by atoms with Gasteiger partial charge in [-0.1, -0.05) is 72.3 Å². The van der Waals surface area contributed by atoms with Gasteiger partial charge in [0, 0.05) is 25.0 Å². The molecule has 0 saturated carbocycles. The number of carbonyl (C=O) groups excluding carboxylic acids is 2. The first-order chi connectivity index (χ1) is 15.9. The fourth-order valence-electron chi connectivity index (χ4n) is 3.63. The van der Waals surface area contributed by atoms with Crippen LogP contribution in [0.1, 0.15) is 22.3 Å². The Morgan fingerprint density at radius 1 is 0.970 bits per heavy atom. The van der Waals surface area contributed by atoms with Crippen molar-refractivity contribution >= 4 is 23.4 Å². The van der Waals surface area contributed by atoms with Gasteiger partial charge in [-0.05, 0) is 48.2 Å². The van der Waals surface area contributed by atoms with Crippen LogP contribution in [-0.2, 0) is 22.6 Å². The van der Waals surface area contributed by atoms with Gasteiger partial charge in [-0.3, -0.25) is 9.59 Å². The van der Waals surface area contributed by atoms with Gasteiger partial charge in [0.25, 0.3) is 5.91 Å². The van der Waals surface area contributed by atoms with Gasteiger partial charge in [0.2, 0.25) is 5.91 Å². The third kappa shape index (κ3) is 6.36. The second-order valence-corrected chi connectivity index (χ2v) is 8.33. The van der Waals surface area contributed by atoms with E-state index in [0.717, 1.165) is 22.3 Å². The fraction of sp³-hybridized carbons (Fsp3) is 0.259. The van der Waals surface area contributed by atoms with E-state index in [1.54, 1.807) is 18.0 Å². The third-order valence-corrected chi connectivity index (χ3v) is 6.09. The summed E-state index contributed by atoms with van der Waals surface area (Å²) in [6.45, 7) is 3.96. The van der Waals surface area contributed by atoms with E-state index in [2.05, 4.69) is 5.32 Å². The first-order valence-electron chi connectivity index (χ1n) is 10.9. The van der Waals surface area contributed by atoms with Crippen molar-refractivity contribution in [2.75, 3.05) is 13.7 Å². The molecule has 0 saturated heterocycles. The molecule has 0 unspecified atom stereocenters. The average Bonchev–Trinajstić information content (AvgIpc) is 2.83. The monoisotopic (exact) mass is 464 g/mol. The smallest absolute Gasteiger partial charge is 0.261 e. The van der Waals surface area contributed by atoms with Gasteiger partial charge in [0.05, 0.1) is 0 Å². The lowest BCUT2D eigenvalue weighted by Crippen LogP contribution is -2.51. The summed E-state index contributed by atoms with van der Waals surface area (Å²) in [6.07, 6.45) is 0.375. The van der Waals surface area contributed by atoms with Crippen LogP contribution in [0.3, 0.4) is 0 Å². The van der Waals surface area contributed by atoms with Crippen molar-refractivity contribution in [1.82, 2.24) is 10.2 Å². The summed E-state index contributed by atoms with van der Waals surface area (Å²) < 4.78 is 5.89. The second kappa shape index (κ2) is 11.5. The number of nitrogens with one attached hydrogen (secondary N) is 1. The number of amides is 2. The molecule has 33 heavy (non-hydrogen) atoms. The van der Waals surface area contributed by atoms with E-state index in [1.807, 2.05) is 80.6 Å². The van der Waals surface area contributed by atoms with Crippen molar-refractivity contribution in [1.29, 1.82) is 0 Å². The molecule has 2 amide bonds. The summed E-state index contributed by atoms with van der Waals surface area (Å²) in [5, 5.41) is 3.25. The normalized spacial score (nSPS) is 11.5. The minimum absolute atomic E-state index is 0.184. The van der Waals surface area contributed by atoms with Crippen LogP contribution < -0.4 is 10.1 Å². The molecule has 0 radical (unpaired) electrons. The van der Waals surface area contributed by atoms with E-state index >= 15 is 0 Å². The summed E-state index contributed by atoms with van der Waals surface area (Å²) in [4.78, 5) is 27.9. The van der Waals surface area contributed by atoms with Gasteiger partial charge < -0.3 is 15.0 Å². The predicted molar refractivity (Wildman–Crippen MR) is 131 cm³/mol. The third-order valence-electron chi connectivity index (χ3n) is 5.72. The molecule has 1 atom stereocenters. The van der Waals surface area contributed by atoms with Crippen molar-refractivity contribution < 1.29 is 14.3 Å². The SMILES string of the molecule is CNC(=O)[C@H](Cc1ccccc1)N(Cc1ccccc1Cl)C(=O)COc1cccc(C)c1C. The highest BCUT2D eigenvalue weighted by atomic mass is 35.5. The molecular weight excluding hydrogens is 436 g/mol. The van der Waals surface area contributed by atoms with Gasteiger partial charge in [-0.25, -0.2) is 0 Å². The van der Waals surface area contributed by atoms with E-state index in [4.69, 9.17) is 16.3 Å². The minimum atomic E-state index is -0.719. The van der Waals surface area contributed by atoms with Crippen LogP contribution in [0.5, 0.6) is 5.75 Å².